The summed E-state index contributed by atoms with van der Waals surface area (Å²) < 4.78 is 10.7. The van der Waals surface area contributed by atoms with Gasteiger partial charge >= 0.3 is 0 Å². The van der Waals surface area contributed by atoms with Crippen LogP contribution in [0.2, 0.25) is 0 Å². The van der Waals surface area contributed by atoms with E-state index in [1.807, 2.05) is 0 Å². The number of benzene rings is 1. The van der Waals surface area contributed by atoms with E-state index in [0.29, 0.717) is 17.1 Å². The summed E-state index contributed by atoms with van der Waals surface area (Å²) in [5.41, 5.74) is 0.673. The number of hydrogen-bond acceptors (Lipinski definition) is 4. The number of aliphatic hydroxyl groups is 1. The van der Waals surface area contributed by atoms with Gasteiger partial charge in [-0.25, -0.2) is 0 Å². The number of carbonyl (C=O) groups excluding carboxylic acids is 1. The molecular formula is C14H17NO4. The third-order valence-electron chi connectivity index (χ3n) is 2.45. The van der Waals surface area contributed by atoms with E-state index in [1.54, 1.807) is 25.1 Å². The number of ether oxygens (including phenoxy) is 2. The van der Waals surface area contributed by atoms with Gasteiger partial charge < -0.3 is 19.9 Å². The number of terminal acetylenes is 1. The van der Waals surface area contributed by atoms with Crippen molar-refractivity contribution in [2.24, 2.45) is 0 Å². The molecule has 1 amide bonds. The van der Waals surface area contributed by atoms with Gasteiger partial charge in [-0.15, -0.1) is 6.42 Å². The Labute approximate surface area is 112 Å². The third-order valence-corrected chi connectivity index (χ3v) is 2.45. The Morgan fingerprint density at radius 2 is 2.26 bits per heavy atom. The molecule has 0 aliphatic heterocycles. The highest BCUT2D eigenvalue weighted by Crippen LogP contribution is 2.29. The zero-order valence-corrected chi connectivity index (χ0v) is 11.0. The van der Waals surface area contributed by atoms with Crippen LogP contribution in [0.5, 0.6) is 11.5 Å². The van der Waals surface area contributed by atoms with Gasteiger partial charge in [0.05, 0.1) is 20.3 Å². The molecule has 0 saturated heterocycles. The Morgan fingerprint density at radius 1 is 1.53 bits per heavy atom. The zero-order chi connectivity index (χ0) is 14.3. The van der Waals surface area contributed by atoms with Crippen molar-refractivity contribution in [2.75, 3.05) is 13.7 Å². The highest BCUT2D eigenvalue weighted by Gasteiger charge is 2.16. The highest BCUT2D eigenvalue weighted by molar-refractivity contribution is 5.81. The molecule has 0 aliphatic carbocycles. The lowest BCUT2D eigenvalue weighted by Gasteiger charge is -2.16. The maximum absolute atomic E-state index is 11.6. The first-order valence-electron chi connectivity index (χ1n) is 5.78. The lowest BCUT2D eigenvalue weighted by atomic mass is 10.2. The van der Waals surface area contributed by atoms with Gasteiger partial charge in [-0.2, -0.15) is 0 Å². The minimum atomic E-state index is -0.712. The molecule has 0 saturated carbocycles. The smallest absolute Gasteiger partial charge is 0.261 e. The number of nitrogens with one attached hydrogen (secondary N) is 1. The largest absolute Gasteiger partial charge is 0.493 e. The second-order valence-corrected chi connectivity index (χ2v) is 3.83. The molecule has 1 unspecified atom stereocenters. The summed E-state index contributed by atoms with van der Waals surface area (Å²) in [5, 5.41) is 11.6. The van der Waals surface area contributed by atoms with Crippen molar-refractivity contribution < 1.29 is 19.4 Å². The number of hydrogen-bond donors (Lipinski definition) is 2. The van der Waals surface area contributed by atoms with Gasteiger partial charge in [-0.05, 0) is 24.6 Å². The Kier molecular flexibility index (Phi) is 5.71. The second kappa shape index (κ2) is 7.29. The molecule has 1 atom stereocenters. The molecule has 0 aliphatic rings. The SMILES string of the molecule is C#CCNC(=O)C(C)Oc1cc(CO)ccc1OC. The highest BCUT2D eigenvalue weighted by atomic mass is 16.5. The zero-order valence-electron chi connectivity index (χ0n) is 11.0. The van der Waals surface area contributed by atoms with Crippen LogP contribution in [0.1, 0.15) is 12.5 Å². The third kappa shape index (κ3) is 4.19. The summed E-state index contributed by atoms with van der Waals surface area (Å²) >= 11 is 0. The molecule has 0 radical (unpaired) electrons. The van der Waals surface area contributed by atoms with Crippen LogP contribution >= 0.6 is 0 Å². The van der Waals surface area contributed by atoms with Crippen LogP contribution in [-0.4, -0.2) is 30.8 Å². The Morgan fingerprint density at radius 3 is 2.84 bits per heavy atom. The van der Waals surface area contributed by atoms with Gasteiger partial charge in [0.2, 0.25) is 0 Å². The van der Waals surface area contributed by atoms with E-state index in [2.05, 4.69) is 11.2 Å². The molecule has 102 valence electrons. The van der Waals surface area contributed by atoms with Crippen molar-refractivity contribution in [3.05, 3.63) is 23.8 Å². The molecule has 1 rings (SSSR count). The fourth-order valence-corrected chi connectivity index (χ4v) is 1.44. The molecule has 0 aromatic heterocycles. The fraction of sp³-hybridized carbons (Fsp3) is 0.357. The monoisotopic (exact) mass is 263 g/mol. The van der Waals surface area contributed by atoms with Crippen LogP contribution in [0, 0.1) is 12.3 Å². The number of methoxy groups -OCH3 is 1. The first-order chi connectivity index (χ1) is 9.12. The second-order valence-electron chi connectivity index (χ2n) is 3.83. The molecule has 0 bridgehead atoms. The summed E-state index contributed by atoms with van der Waals surface area (Å²) in [4.78, 5) is 11.6. The summed E-state index contributed by atoms with van der Waals surface area (Å²) in [5.74, 6) is 2.90. The number of carbonyl (C=O) groups is 1. The maximum atomic E-state index is 11.6. The van der Waals surface area contributed by atoms with Gasteiger partial charge in [0.1, 0.15) is 0 Å². The number of aliphatic hydroxyl groups excluding tert-OH is 1. The molecule has 19 heavy (non-hydrogen) atoms. The average Bonchev–Trinajstić information content (AvgIpc) is 2.44. The molecule has 2 N–H and O–H groups in total. The maximum Gasteiger partial charge on any atom is 0.261 e. The molecular weight excluding hydrogens is 246 g/mol. The Balaban J connectivity index is 2.80. The van der Waals surface area contributed by atoms with E-state index in [0.717, 1.165) is 0 Å². The topological polar surface area (TPSA) is 67.8 Å². The lowest BCUT2D eigenvalue weighted by molar-refractivity contribution is -0.127. The van der Waals surface area contributed by atoms with Gasteiger partial charge in [-0.1, -0.05) is 12.0 Å². The van der Waals surface area contributed by atoms with Gasteiger partial charge in [0.15, 0.2) is 17.6 Å². The van der Waals surface area contributed by atoms with Gasteiger partial charge in [0.25, 0.3) is 5.91 Å². The van der Waals surface area contributed by atoms with Crippen molar-refractivity contribution in [1.82, 2.24) is 5.32 Å². The fourth-order valence-electron chi connectivity index (χ4n) is 1.44. The molecule has 0 spiro atoms. The molecule has 1 aromatic rings. The predicted molar refractivity (Wildman–Crippen MR) is 70.8 cm³/mol. The van der Waals surface area contributed by atoms with E-state index in [-0.39, 0.29) is 19.1 Å². The predicted octanol–water partition coefficient (Wildman–Crippen LogP) is 0.704. The summed E-state index contributed by atoms with van der Waals surface area (Å²) in [7, 11) is 1.50. The van der Waals surface area contributed by atoms with E-state index in [9.17, 15) is 4.79 Å². The van der Waals surface area contributed by atoms with Crippen LogP contribution in [0.15, 0.2) is 18.2 Å². The van der Waals surface area contributed by atoms with E-state index in [1.165, 1.54) is 7.11 Å². The van der Waals surface area contributed by atoms with E-state index >= 15 is 0 Å². The van der Waals surface area contributed by atoms with Crippen LogP contribution in [0.4, 0.5) is 0 Å². The minimum Gasteiger partial charge on any atom is -0.493 e. The average molecular weight is 263 g/mol. The molecule has 5 nitrogen and oxygen atoms in total. The molecule has 0 fully saturated rings. The van der Waals surface area contributed by atoms with Gasteiger partial charge in [-0.3, -0.25) is 4.79 Å². The van der Waals surface area contributed by atoms with Crippen LogP contribution in [0.3, 0.4) is 0 Å². The first kappa shape index (κ1) is 14.9. The number of rotatable bonds is 6. The quantitative estimate of drug-likeness (QED) is 0.742. The summed E-state index contributed by atoms with van der Waals surface area (Å²) in [6, 6.07) is 5.02. The van der Waals surface area contributed by atoms with Crippen molar-refractivity contribution in [2.45, 2.75) is 19.6 Å². The van der Waals surface area contributed by atoms with Crippen LogP contribution in [-0.2, 0) is 11.4 Å². The van der Waals surface area contributed by atoms with Crippen LogP contribution < -0.4 is 14.8 Å². The Bertz CT molecular complexity index is 479. The Hall–Kier alpha value is -2.19. The van der Waals surface area contributed by atoms with Crippen molar-refractivity contribution in [3.8, 4) is 23.8 Å². The van der Waals surface area contributed by atoms with E-state index < -0.39 is 6.10 Å². The van der Waals surface area contributed by atoms with Crippen molar-refractivity contribution in [3.63, 3.8) is 0 Å². The standard InChI is InChI=1S/C14H17NO4/c1-4-7-15-14(17)10(2)19-13-8-11(9-16)5-6-12(13)18-3/h1,5-6,8,10,16H,7,9H2,2-3H3,(H,15,17). The normalized spacial score (nSPS) is 11.3. The summed E-state index contributed by atoms with van der Waals surface area (Å²) in [6.07, 6.45) is 4.35. The van der Waals surface area contributed by atoms with Crippen molar-refractivity contribution in [1.29, 1.82) is 0 Å². The minimum absolute atomic E-state index is 0.113. The lowest BCUT2D eigenvalue weighted by Crippen LogP contribution is -2.36. The summed E-state index contributed by atoms with van der Waals surface area (Å²) in [6.45, 7) is 1.65. The molecule has 1 aromatic carbocycles. The van der Waals surface area contributed by atoms with Gasteiger partial charge in [0, 0.05) is 0 Å². The van der Waals surface area contributed by atoms with E-state index in [4.69, 9.17) is 21.0 Å². The first-order valence-corrected chi connectivity index (χ1v) is 5.78. The van der Waals surface area contributed by atoms with Crippen LogP contribution in [0.25, 0.3) is 0 Å². The molecule has 5 heteroatoms. The number of amides is 1. The molecule has 0 heterocycles. The van der Waals surface area contributed by atoms with Crippen molar-refractivity contribution >= 4 is 5.91 Å².